The van der Waals surface area contributed by atoms with Gasteiger partial charge in [0.2, 0.25) is 0 Å². The van der Waals surface area contributed by atoms with Crippen LogP contribution in [0.2, 0.25) is 23.2 Å². The van der Waals surface area contributed by atoms with Crippen LogP contribution in [-0.4, -0.2) is 28.7 Å². The van der Waals surface area contributed by atoms with Crippen molar-refractivity contribution in [2.75, 3.05) is 0 Å². The van der Waals surface area contributed by atoms with Crippen molar-refractivity contribution in [1.82, 2.24) is 9.55 Å². The van der Waals surface area contributed by atoms with E-state index in [0.717, 1.165) is 5.69 Å². The van der Waals surface area contributed by atoms with E-state index in [0.29, 0.717) is 45.7 Å². The number of aliphatic imine (C=N–C) groups is 1. The number of rotatable bonds is 5. The summed E-state index contributed by atoms with van der Waals surface area (Å²) in [5.41, 5.74) is 3.71. The topological polar surface area (TPSA) is 59.6 Å². The lowest BCUT2D eigenvalue weighted by molar-refractivity contribution is 0.252. The van der Waals surface area contributed by atoms with Crippen LogP contribution in [0.25, 0.3) is 5.69 Å². The SMILES string of the molecule is CC(C)(C)[Si](C)(C)OCc1nc2n(c1CO)-c1ccc(Cl)cc1C(c1ccccc1F)=NC2. The van der Waals surface area contributed by atoms with Crippen molar-refractivity contribution in [3.63, 3.8) is 0 Å². The Balaban J connectivity index is 1.83. The van der Waals surface area contributed by atoms with E-state index < -0.39 is 8.32 Å². The summed E-state index contributed by atoms with van der Waals surface area (Å²) in [5.74, 6) is 0.315. The minimum atomic E-state index is -2.00. The number of hydrogen-bond acceptors (Lipinski definition) is 4. The van der Waals surface area contributed by atoms with E-state index in [1.165, 1.54) is 6.07 Å². The molecule has 0 amide bonds. The lowest BCUT2D eigenvalue weighted by atomic mass is 10.00. The second kappa shape index (κ2) is 8.80. The van der Waals surface area contributed by atoms with Crippen molar-refractivity contribution >= 4 is 25.6 Å². The van der Waals surface area contributed by atoms with E-state index in [1.807, 2.05) is 10.6 Å². The number of aromatic nitrogens is 2. The Morgan fingerprint density at radius 2 is 1.88 bits per heavy atom. The van der Waals surface area contributed by atoms with Gasteiger partial charge in [-0.05, 0) is 48.5 Å². The highest BCUT2D eigenvalue weighted by Crippen LogP contribution is 2.38. The molecule has 0 radical (unpaired) electrons. The molecule has 3 aromatic rings. The molecule has 0 aliphatic carbocycles. The molecule has 4 rings (SSSR count). The van der Waals surface area contributed by atoms with Crippen LogP contribution in [0.1, 0.15) is 49.1 Å². The van der Waals surface area contributed by atoms with Crippen molar-refractivity contribution in [2.45, 2.75) is 58.7 Å². The summed E-state index contributed by atoms with van der Waals surface area (Å²) in [6, 6.07) is 12.0. The number of fused-ring (bicyclic) bond motifs is 3. The van der Waals surface area contributed by atoms with Gasteiger partial charge in [0, 0.05) is 16.1 Å². The third-order valence-corrected chi connectivity index (χ3v) is 11.3. The number of imidazole rings is 1. The molecular formula is C25H29ClFN3O2Si. The molecule has 1 aromatic heterocycles. The van der Waals surface area contributed by atoms with Gasteiger partial charge in [-0.2, -0.15) is 0 Å². The molecule has 2 aromatic carbocycles. The Hall–Kier alpha value is -2.32. The van der Waals surface area contributed by atoms with Crippen molar-refractivity contribution in [3.05, 3.63) is 81.6 Å². The summed E-state index contributed by atoms with van der Waals surface area (Å²) in [4.78, 5) is 9.54. The predicted molar refractivity (Wildman–Crippen MR) is 132 cm³/mol. The average molecular weight is 486 g/mol. The molecule has 5 nitrogen and oxygen atoms in total. The molecule has 33 heavy (non-hydrogen) atoms. The van der Waals surface area contributed by atoms with Gasteiger partial charge in [-0.15, -0.1) is 0 Å². The van der Waals surface area contributed by atoms with Crippen molar-refractivity contribution in [1.29, 1.82) is 0 Å². The molecule has 0 unspecified atom stereocenters. The molecular weight excluding hydrogens is 457 g/mol. The van der Waals surface area contributed by atoms with Crippen LogP contribution in [0, 0.1) is 5.82 Å². The molecule has 0 spiro atoms. The average Bonchev–Trinajstić information content (AvgIpc) is 3.02. The normalized spacial score (nSPS) is 13.9. The number of hydrogen-bond donors (Lipinski definition) is 1. The van der Waals surface area contributed by atoms with E-state index in [9.17, 15) is 9.50 Å². The largest absolute Gasteiger partial charge is 0.411 e. The van der Waals surface area contributed by atoms with E-state index in [4.69, 9.17) is 26.0 Å². The zero-order chi connectivity index (χ0) is 24.0. The molecule has 2 heterocycles. The molecule has 8 heteroatoms. The molecule has 1 N–H and O–H groups in total. The highest BCUT2D eigenvalue weighted by Gasteiger charge is 2.37. The van der Waals surface area contributed by atoms with Crippen LogP contribution >= 0.6 is 11.6 Å². The van der Waals surface area contributed by atoms with Crippen LogP contribution in [0.15, 0.2) is 47.5 Å². The molecule has 174 valence electrons. The first-order valence-electron chi connectivity index (χ1n) is 11.0. The highest BCUT2D eigenvalue weighted by atomic mass is 35.5. The fraction of sp³-hybridized carbons (Fsp3) is 0.360. The maximum atomic E-state index is 14.7. The molecule has 1 aliphatic rings. The van der Waals surface area contributed by atoms with E-state index in [-0.39, 0.29) is 24.0 Å². The third kappa shape index (κ3) is 4.42. The Labute approximate surface area is 200 Å². The molecule has 1 aliphatic heterocycles. The summed E-state index contributed by atoms with van der Waals surface area (Å²) in [6.07, 6.45) is 0. The summed E-state index contributed by atoms with van der Waals surface area (Å²) < 4.78 is 23.0. The highest BCUT2D eigenvalue weighted by molar-refractivity contribution is 6.74. The predicted octanol–water partition coefficient (Wildman–Crippen LogP) is 6.03. The molecule has 0 fully saturated rings. The first kappa shape index (κ1) is 23.8. The Kier molecular flexibility index (Phi) is 6.35. The summed E-state index contributed by atoms with van der Waals surface area (Å²) in [5, 5.41) is 10.9. The number of aliphatic hydroxyl groups excluding tert-OH is 1. The lowest BCUT2D eigenvalue weighted by Gasteiger charge is -2.36. The van der Waals surface area contributed by atoms with E-state index in [2.05, 4.69) is 33.9 Å². The van der Waals surface area contributed by atoms with Crippen LogP contribution in [0.5, 0.6) is 0 Å². The maximum absolute atomic E-state index is 14.7. The Morgan fingerprint density at radius 1 is 1.15 bits per heavy atom. The quantitative estimate of drug-likeness (QED) is 0.449. The fourth-order valence-electron chi connectivity index (χ4n) is 3.70. The van der Waals surface area contributed by atoms with Gasteiger partial charge >= 0.3 is 0 Å². The minimum absolute atomic E-state index is 0.0610. The first-order chi connectivity index (χ1) is 15.5. The van der Waals surface area contributed by atoms with E-state index in [1.54, 1.807) is 30.3 Å². The van der Waals surface area contributed by atoms with Crippen LogP contribution in [-0.2, 0) is 24.2 Å². The first-order valence-corrected chi connectivity index (χ1v) is 14.3. The molecule has 0 saturated heterocycles. The monoisotopic (exact) mass is 485 g/mol. The number of nitrogens with zero attached hydrogens (tertiary/aromatic N) is 3. The van der Waals surface area contributed by atoms with Gasteiger partial charge < -0.3 is 9.53 Å². The third-order valence-electron chi connectivity index (χ3n) is 6.61. The van der Waals surface area contributed by atoms with Crippen LogP contribution in [0.4, 0.5) is 4.39 Å². The number of halogens is 2. The van der Waals surface area contributed by atoms with Crippen LogP contribution in [0.3, 0.4) is 0 Å². The molecule has 0 bridgehead atoms. The number of benzene rings is 2. The minimum Gasteiger partial charge on any atom is -0.411 e. The standard InChI is InChI=1S/C25H29ClFN3O2Si/c1-25(2,3)33(4,5)32-15-20-22(14-31)30-21-11-10-16(26)12-18(21)24(28-13-23(30)29-20)17-8-6-7-9-19(17)27/h6-12,31H,13-15H2,1-5H3. The molecule has 0 atom stereocenters. The zero-order valence-corrected chi connectivity index (χ0v) is 21.4. The lowest BCUT2D eigenvalue weighted by Crippen LogP contribution is -2.40. The van der Waals surface area contributed by atoms with Gasteiger partial charge in [-0.25, -0.2) is 9.37 Å². The number of aliphatic hydroxyl groups is 1. The van der Waals surface area contributed by atoms with Crippen molar-refractivity contribution < 1.29 is 13.9 Å². The van der Waals surface area contributed by atoms with Gasteiger partial charge in [0.1, 0.15) is 11.6 Å². The smallest absolute Gasteiger partial charge is 0.192 e. The second-order valence-corrected chi connectivity index (χ2v) is 15.0. The fourth-order valence-corrected chi connectivity index (χ4v) is 4.80. The maximum Gasteiger partial charge on any atom is 0.192 e. The van der Waals surface area contributed by atoms with Gasteiger partial charge in [0.25, 0.3) is 0 Å². The Morgan fingerprint density at radius 3 is 2.55 bits per heavy atom. The van der Waals surface area contributed by atoms with Gasteiger partial charge in [0.15, 0.2) is 8.32 Å². The van der Waals surface area contributed by atoms with Crippen molar-refractivity contribution in [2.24, 2.45) is 4.99 Å². The van der Waals surface area contributed by atoms with Gasteiger partial charge in [-0.3, -0.25) is 9.56 Å². The van der Waals surface area contributed by atoms with Gasteiger partial charge in [-0.1, -0.05) is 44.5 Å². The van der Waals surface area contributed by atoms with Crippen LogP contribution < -0.4 is 0 Å². The summed E-state index contributed by atoms with van der Waals surface area (Å²) in [6.45, 7) is 11.3. The summed E-state index contributed by atoms with van der Waals surface area (Å²) in [7, 11) is -2.00. The molecule has 0 saturated carbocycles. The van der Waals surface area contributed by atoms with E-state index >= 15 is 0 Å². The zero-order valence-electron chi connectivity index (χ0n) is 19.6. The summed E-state index contributed by atoms with van der Waals surface area (Å²) >= 11 is 6.33. The van der Waals surface area contributed by atoms with Gasteiger partial charge in [0.05, 0.1) is 42.5 Å². The second-order valence-electron chi connectivity index (χ2n) is 9.77. The Bertz CT molecular complexity index is 1230. The van der Waals surface area contributed by atoms with Crippen molar-refractivity contribution in [3.8, 4) is 5.69 Å².